The predicted molar refractivity (Wildman–Crippen MR) is 121 cm³/mol. The first-order chi connectivity index (χ1) is 14.8. The van der Waals surface area contributed by atoms with E-state index in [2.05, 4.69) is 114 Å². The highest BCUT2D eigenvalue weighted by molar-refractivity contribution is 5.86. The van der Waals surface area contributed by atoms with Gasteiger partial charge >= 0.3 is 0 Å². The summed E-state index contributed by atoms with van der Waals surface area (Å²) in [4.78, 5) is 2.97. The first-order valence-corrected chi connectivity index (χ1v) is 10.1. The van der Waals surface area contributed by atoms with E-state index < -0.39 is 5.41 Å². The molecule has 0 radical (unpaired) electrons. The van der Waals surface area contributed by atoms with E-state index >= 15 is 0 Å². The van der Waals surface area contributed by atoms with Gasteiger partial charge in [0.15, 0.2) is 0 Å². The van der Waals surface area contributed by atoms with Gasteiger partial charge in [-0.2, -0.15) is 0 Å². The van der Waals surface area contributed by atoms with Gasteiger partial charge in [0.2, 0.25) is 0 Å². The highest BCUT2D eigenvalue weighted by Crippen LogP contribution is 2.56. The number of rotatable bonds is 4. The third-order valence-corrected chi connectivity index (χ3v) is 6.25. The number of azide groups is 1. The second-order valence-corrected chi connectivity index (χ2v) is 7.74. The molecule has 0 amide bonds. The van der Waals surface area contributed by atoms with E-state index in [0.29, 0.717) is 6.54 Å². The number of hydrogen-bond acceptors (Lipinski definition) is 1. The highest BCUT2D eigenvalue weighted by atomic mass is 15.1. The summed E-state index contributed by atoms with van der Waals surface area (Å²) >= 11 is 0. The van der Waals surface area contributed by atoms with Gasteiger partial charge in [-0.3, -0.25) is 0 Å². The Morgan fingerprint density at radius 2 is 1.33 bits per heavy atom. The van der Waals surface area contributed by atoms with Crippen LogP contribution in [0, 0.1) is 6.92 Å². The van der Waals surface area contributed by atoms with Crippen molar-refractivity contribution in [1.29, 1.82) is 0 Å². The average molecular weight is 387 g/mol. The fraction of sp³-hybridized carbons (Fsp3) is 0.111. The van der Waals surface area contributed by atoms with Gasteiger partial charge in [0.1, 0.15) is 0 Å². The number of aryl methyl sites for hydroxylation is 1. The molecule has 0 aliphatic heterocycles. The molecular formula is C27H21N3. The standard InChI is InChI=1S/C27H21N3/c1-19-15-16-22(17-20(19)18-29-30-28)27(21-9-3-2-4-10-21)25-13-7-5-11-23(25)24-12-6-8-14-26(24)27/h2-17H,18H2,1H3. The fourth-order valence-corrected chi connectivity index (χ4v) is 4.89. The van der Waals surface area contributed by atoms with E-state index in [0.717, 1.165) is 11.1 Å². The lowest BCUT2D eigenvalue weighted by Gasteiger charge is -2.34. The van der Waals surface area contributed by atoms with Crippen molar-refractivity contribution in [2.45, 2.75) is 18.9 Å². The Kier molecular flexibility index (Phi) is 4.39. The maximum Gasteiger partial charge on any atom is 0.0713 e. The highest BCUT2D eigenvalue weighted by Gasteiger charge is 2.45. The lowest BCUT2D eigenvalue weighted by Crippen LogP contribution is -2.28. The Balaban J connectivity index is 1.90. The Labute approximate surface area is 176 Å². The lowest BCUT2D eigenvalue weighted by atomic mass is 9.67. The van der Waals surface area contributed by atoms with E-state index in [1.165, 1.54) is 33.4 Å². The second-order valence-electron chi connectivity index (χ2n) is 7.74. The van der Waals surface area contributed by atoms with Gasteiger partial charge in [0.25, 0.3) is 0 Å². The summed E-state index contributed by atoms with van der Waals surface area (Å²) in [7, 11) is 0. The molecule has 0 bridgehead atoms. The molecule has 0 atom stereocenters. The van der Waals surface area contributed by atoms with E-state index in [1.54, 1.807) is 0 Å². The quantitative estimate of drug-likeness (QED) is 0.178. The van der Waals surface area contributed by atoms with E-state index in [1.807, 2.05) is 0 Å². The van der Waals surface area contributed by atoms with Gasteiger partial charge < -0.3 is 0 Å². The van der Waals surface area contributed by atoms with Crippen LogP contribution in [-0.4, -0.2) is 0 Å². The Morgan fingerprint density at radius 3 is 1.97 bits per heavy atom. The molecule has 0 aromatic heterocycles. The Bertz CT molecular complexity index is 1240. The van der Waals surface area contributed by atoms with Crippen molar-refractivity contribution in [3.8, 4) is 11.1 Å². The summed E-state index contributed by atoms with van der Waals surface area (Å²) in [6.45, 7) is 2.42. The van der Waals surface area contributed by atoms with Crippen LogP contribution in [0.2, 0.25) is 0 Å². The number of benzene rings is 4. The van der Waals surface area contributed by atoms with Gasteiger partial charge in [0.05, 0.1) is 12.0 Å². The minimum atomic E-state index is -0.409. The second kappa shape index (κ2) is 7.22. The SMILES string of the molecule is Cc1ccc(C2(c3ccccc3)c3ccccc3-c3ccccc32)cc1CN=[N+]=[N-]. The molecule has 0 N–H and O–H groups in total. The maximum atomic E-state index is 8.85. The molecule has 0 heterocycles. The molecule has 30 heavy (non-hydrogen) atoms. The van der Waals surface area contributed by atoms with Crippen LogP contribution in [0.3, 0.4) is 0 Å². The van der Waals surface area contributed by atoms with Crippen LogP contribution in [0.4, 0.5) is 0 Å². The molecule has 1 aliphatic rings. The zero-order valence-electron chi connectivity index (χ0n) is 16.8. The first kappa shape index (κ1) is 18.2. The number of fused-ring (bicyclic) bond motifs is 3. The van der Waals surface area contributed by atoms with Crippen LogP contribution in [0.15, 0.2) is 102 Å². The maximum absolute atomic E-state index is 8.85. The molecule has 0 saturated heterocycles. The minimum Gasteiger partial charge on any atom is -0.0893 e. The zero-order valence-corrected chi connectivity index (χ0v) is 16.8. The molecule has 1 aliphatic carbocycles. The molecule has 4 aromatic rings. The number of hydrogen-bond donors (Lipinski definition) is 0. The minimum absolute atomic E-state index is 0.352. The largest absolute Gasteiger partial charge is 0.0893 e. The van der Waals surface area contributed by atoms with Gasteiger partial charge in [-0.25, -0.2) is 0 Å². The normalized spacial score (nSPS) is 13.2. The summed E-state index contributed by atoms with van der Waals surface area (Å²) in [6, 6.07) is 34.7. The third kappa shape index (κ3) is 2.57. The van der Waals surface area contributed by atoms with Crippen LogP contribution in [0.5, 0.6) is 0 Å². The smallest absolute Gasteiger partial charge is 0.0713 e. The van der Waals surface area contributed by atoms with Crippen LogP contribution < -0.4 is 0 Å². The molecule has 144 valence electrons. The van der Waals surface area contributed by atoms with Gasteiger partial charge in [-0.15, -0.1) is 0 Å². The monoisotopic (exact) mass is 387 g/mol. The van der Waals surface area contributed by atoms with Crippen LogP contribution in [0.25, 0.3) is 21.6 Å². The lowest BCUT2D eigenvalue weighted by molar-refractivity contribution is 0.765. The van der Waals surface area contributed by atoms with Crippen LogP contribution in [-0.2, 0) is 12.0 Å². The molecule has 5 rings (SSSR count). The van der Waals surface area contributed by atoms with E-state index in [4.69, 9.17) is 5.53 Å². The molecule has 0 saturated carbocycles. The summed E-state index contributed by atoms with van der Waals surface area (Å²) in [5.41, 5.74) is 18.2. The third-order valence-electron chi connectivity index (χ3n) is 6.25. The molecule has 0 unspecified atom stereocenters. The predicted octanol–water partition coefficient (Wildman–Crippen LogP) is 7.17. The molecule has 0 fully saturated rings. The van der Waals surface area contributed by atoms with Crippen LogP contribution >= 0.6 is 0 Å². The number of nitrogens with zero attached hydrogens (tertiary/aromatic N) is 3. The van der Waals surface area contributed by atoms with Gasteiger partial charge in [-0.1, -0.05) is 102 Å². The summed E-state index contributed by atoms with van der Waals surface area (Å²) in [5.74, 6) is 0. The molecule has 3 heteroatoms. The Hall–Kier alpha value is -3.81. The van der Waals surface area contributed by atoms with E-state index in [9.17, 15) is 0 Å². The molecule has 3 nitrogen and oxygen atoms in total. The van der Waals surface area contributed by atoms with Gasteiger partial charge in [-0.05, 0) is 57.0 Å². The average Bonchev–Trinajstić information content (AvgIpc) is 3.11. The topological polar surface area (TPSA) is 48.8 Å². The van der Waals surface area contributed by atoms with Gasteiger partial charge in [0, 0.05) is 4.91 Å². The summed E-state index contributed by atoms with van der Waals surface area (Å²) < 4.78 is 0. The summed E-state index contributed by atoms with van der Waals surface area (Å²) in [5, 5.41) is 3.84. The van der Waals surface area contributed by atoms with Crippen molar-refractivity contribution in [1.82, 2.24) is 0 Å². The zero-order chi connectivity index (χ0) is 20.6. The first-order valence-electron chi connectivity index (χ1n) is 10.1. The van der Waals surface area contributed by atoms with Crippen molar-refractivity contribution in [3.05, 3.63) is 141 Å². The van der Waals surface area contributed by atoms with E-state index in [-0.39, 0.29) is 0 Å². The van der Waals surface area contributed by atoms with Crippen LogP contribution in [0.1, 0.15) is 33.4 Å². The van der Waals surface area contributed by atoms with Crippen molar-refractivity contribution < 1.29 is 0 Å². The van der Waals surface area contributed by atoms with Crippen molar-refractivity contribution >= 4 is 0 Å². The van der Waals surface area contributed by atoms with Crippen molar-refractivity contribution in [2.24, 2.45) is 5.11 Å². The molecule has 4 aromatic carbocycles. The Morgan fingerprint density at radius 1 is 0.733 bits per heavy atom. The molecule has 0 spiro atoms. The molecular weight excluding hydrogens is 366 g/mol. The fourth-order valence-electron chi connectivity index (χ4n) is 4.89. The van der Waals surface area contributed by atoms with Crippen molar-refractivity contribution in [3.63, 3.8) is 0 Å². The summed E-state index contributed by atoms with van der Waals surface area (Å²) in [6.07, 6.45) is 0. The van der Waals surface area contributed by atoms with Crippen molar-refractivity contribution in [2.75, 3.05) is 0 Å².